The predicted octanol–water partition coefficient (Wildman–Crippen LogP) is 5.39. The van der Waals surface area contributed by atoms with Crippen molar-refractivity contribution in [1.29, 1.82) is 0 Å². The highest BCUT2D eigenvalue weighted by atomic mass is 32.2. The van der Waals surface area contributed by atoms with Crippen LogP contribution in [-0.2, 0) is 5.75 Å². The van der Waals surface area contributed by atoms with Crippen molar-refractivity contribution in [3.63, 3.8) is 0 Å². The van der Waals surface area contributed by atoms with Crippen LogP contribution in [0.25, 0.3) is 28.2 Å². The Morgan fingerprint density at radius 1 is 0.875 bits per heavy atom. The number of rotatable bonds is 7. The molecule has 0 aliphatic heterocycles. The number of aromatic nitrogens is 4. The third kappa shape index (κ3) is 3.80. The minimum atomic E-state index is 0.425. The second kappa shape index (κ2) is 8.76. The second-order valence-electron chi connectivity index (χ2n) is 6.91. The third-order valence-electron chi connectivity index (χ3n) is 5.03. The largest absolute Gasteiger partial charge is 0.497 e. The summed E-state index contributed by atoms with van der Waals surface area (Å²) in [6, 6.07) is 23.6. The smallest absolute Gasteiger partial charge is 0.277 e. The highest BCUT2D eigenvalue weighted by Crippen LogP contribution is 2.32. The molecule has 5 rings (SSSR count). The number of fused-ring (bicyclic) bond motifs is 1. The van der Waals surface area contributed by atoms with Gasteiger partial charge in [0.1, 0.15) is 17.3 Å². The molecule has 0 amide bonds. The van der Waals surface area contributed by atoms with Crippen molar-refractivity contribution in [2.75, 3.05) is 14.2 Å². The molecule has 0 fully saturated rings. The van der Waals surface area contributed by atoms with Crippen LogP contribution < -0.4 is 9.47 Å². The van der Waals surface area contributed by atoms with Gasteiger partial charge in [-0.3, -0.25) is 4.57 Å². The van der Waals surface area contributed by atoms with E-state index >= 15 is 0 Å². The van der Waals surface area contributed by atoms with E-state index in [9.17, 15) is 0 Å². The van der Waals surface area contributed by atoms with Crippen molar-refractivity contribution in [3.8, 4) is 28.6 Å². The summed E-state index contributed by atoms with van der Waals surface area (Å²) < 4.78 is 18.7. The SMILES string of the molecule is COc1ccc(-n2c(CSc3nnc(-c4ccccc4OC)o3)nc3ccccc32)cc1. The van der Waals surface area contributed by atoms with E-state index in [1.807, 2.05) is 66.7 Å². The van der Waals surface area contributed by atoms with Gasteiger partial charge < -0.3 is 13.9 Å². The number of methoxy groups -OCH3 is 2. The van der Waals surface area contributed by atoms with Crippen LogP contribution in [0.3, 0.4) is 0 Å². The van der Waals surface area contributed by atoms with Crippen LogP contribution >= 0.6 is 11.8 Å². The Morgan fingerprint density at radius 2 is 1.66 bits per heavy atom. The number of benzene rings is 3. The molecule has 32 heavy (non-hydrogen) atoms. The van der Waals surface area contributed by atoms with E-state index in [4.69, 9.17) is 18.9 Å². The monoisotopic (exact) mass is 444 g/mol. The van der Waals surface area contributed by atoms with Crippen molar-refractivity contribution in [2.45, 2.75) is 11.0 Å². The summed E-state index contributed by atoms with van der Waals surface area (Å²) >= 11 is 1.45. The van der Waals surface area contributed by atoms with Crippen LogP contribution in [0.4, 0.5) is 0 Å². The second-order valence-corrected chi connectivity index (χ2v) is 7.84. The number of nitrogens with zero attached hydrogens (tertiary/aromatic N) is 4. The van der Waals surface area contributed by atoms with Crippen LogP contribution in [0.15, 0.2) is 82.4 Å². The molecule has 8 heteroatoms. The van der Waals surface area contributed by atoms with E-state index in [-0.39, 0.29) is 0 Å². The molecular weight excluding hydrogens is 424 g/mol. The number of imidazole rings is 1. The molecule has 0 saturated heterocycles. The summed E-state index contributed by atoms with van der Waals surface area (Å²) in [7, 11) is 3.28. The maximum absolute atomic E-state index is 5.89. The van der Waals surface area contributed by atoms with Gasteiger partial charge in [0.25, 0.3) is 11.1 Å². The first-order valence-electron chi connectivity index (χ1n) is 9.97. The maximum Gasteiger partial charge on any atom is 0.277 e. The molecule has 3 aromatic carbocycles. The molecule has 0 unspecified atom stereocenters. The van der Waals surface area contributed by atoms with E-state index in [0.717, 1.165) is 33.9 Å². The molecule has 5 aromatic rings. The van der Waals surface area contributed by atoms with Crippen molar-refractivity contribution in [2.24, 2.45) is 0 Å². The van der Waals surface area contributed by atoms with Gasteiger partial charge in [0.15, 0.2) is 0 Å². The molecule has 0 aliphatic carbocycles. The van der Waals surface area contributed by atoms with Crippen molar-refractivity contribution < 1.29 is 13.9 Å². The molecule has 0 saturated carbocycles. The van der Waals surface area contributed by atoms with Gasteiger partial charge >= 0.3 is 0 Å². The normalized spacial score (nSPS) is 11.1. The molecule has 0 bridgehead atoms. The van der Waals surface area contributed by atoms with Crippen LogP contribution in [0.5, 0.6) is 11.5 Å². The number of hydrogen-bond donors (Lipinski definition) is 0. The van der Waals surface area contributed by atoms with Crippen LogP contribution in [-0.4, -0.2) is 34.0 Å². The van der Waals surface area contributed by atoms with Gasteiger partial charge in [-0.15, -0.1) is 10.2 Å². The highest BCUT2D eigenvalue weighted by molar-refractivity contribution is 7.98. The first-order valence-corrected chi connectivity index (χ1v) is 11.0. The molecular formula is C24H20N4O3S. The Bertz CT molecular complexity index is 1360. The van der Waals surface area contributed by atoms with Gasteiger partial charge in [-0.2, -0.15) is 0 Å². The Morgan fingerprint density at radius 3 is 2.47 bits per heavy atom. The summed E-state index contributed by atoms with van der Waals surface area (Å²) in [5.41, 5.74) is 3.74. The third-order valence-corrected chi connectivity index (χ3v) is 5.84. The summed E-state index contributed by atoms with van der Waals surface area (Å²) in [5, 5.41) is 8.86. The zero-order valence-electron chi connectivity index (χ0n) is 17.6. The Balaban J connectivity index is 1.44. The molecule has 2 heterocycles. The van der Waals surface area contributed by atoms with Crippen LogP contribution in [0.1, 0.15) is 5.82 Å². The highest BCUT2D eigenvalue weighted by Gasteiger charge is 2.16. The maximum atomic E-state index is 5.89. The Labute approximate surface area is 189 Å². The van der Waals surface area contributed by atoms with Gasteiger partial charge in [-0.1, -0.05) is 36.0 Å². The van der Waals surface area contributed by atoms with Gasteiger partial charge in [0.2, 0.25) is 0 Å². The molecule has 7 nitrogen and oxygen atoms in total. The molecule has 2 aromatic heterocycles. The van der Waals surface area contributed by atoms with Gasteiger partial charge in [-0.05, 0) is 48.5 Å². The van der Waals surface area contributed by atoms with Crippen LogP contribution in [0.2, 0.25) is 0 Å². The fourth-order valence-corrected chi connectivity index (χ4v) is 4.20. The van der Waals surface area contributed by atoms with E-state index < -0.39 is 0 Å². The van der Waals surface area contributed by atoms with Crippen molar-refractivity contribution in [1.82, 2.24) is 19.7 Å². The lowest BCUT2D eigenvalue weighted by Gasteiger charge is -2.09. The minimum Gasteiger partial charge on any atom is -0.497 e. The summed E-state index contributed by atoms with van der Waals surface area (Å²) in [5.74, 6) is 3.37. The number of thioether (sulfide) groups is 1. The lowest BCUT2D eigenvalue weighted by Crippen LogP contribution is -2.00. The lowest BCUT2D eigenvalue weighted by atomic mass is 10.2. The fraction of sp³-hybridized carbons (Fsp3) is 0.125. The van der Waals surface area contributed by atoms with Gasteiger partial charge in [-0.25, -0.2) is 4.98 Å². The number of ether oxygens (including phenoxy) is 2. The average Bonchev–Trinajstić information content (AvgIpc) is 3.47. The first kappa shape index (κ1) is 20.1. The van der Waals surface area contributed by atoms with Crippen molar-refractivity contribution >= 4 is 22.8 Å². The summed E-state index contributed by atoms with van der Waals surface area (Å²) in [6.07, 6.45) is 0. The molecule has 0 atom stereocenters. The molecule has 0 N–H and O–H groups in total. The predicted molar refractivity (Wildman–Crippen MR) is 123 cm³/mol. The lowest BCUT2D eigenvalue weighted by molar-refractivity contribution is 0.411. The van der Waals surface area contributed by atoms with E-state index in [2.05, 4.69) is 20.8 Å². The minimum absolute atomic E-state index is 0.425. The van der Waals surface area contributed by atoms with Gasteiger partial charge in [0, 0.05) is 5.69 Å². The Hall–Kier alpha value is -3.78. The average molecular weight is 445 g/mol. The van der Waals surface area contributed by atoms with E-state index in [0.29, 0.717) is 22.6 Å². The van der Waals surface area contributed by atoms with E-state index in [1.54, 1.807) is 14.2 Å². The quantitative estimate of drug-likeness (QED) is 0.312. The zero-order valence-corrected chi connectivity index (χ0v) is 18.4. The molecule has 0 spiro atoms. The summed E-state index contributed by atoms with van der Waals surface area (Å²) in [6.45, 7) is 0. The first-order chi connectivity index (χ1) is 15.8. The summed E-state index contributed by atoms with van der Waals surface area (Å²) in [4.78, 5) is 4.84. The van der Waals surface area contributed by atoms with Crippen LogP contribution in [0, 0.1) is 0 Å². The fourth-order valence-electron chi connectivity index (χ4n) is 3.52. The molecule has 0 radical (unpaired) electrons. The standard InChI is InChI=1S/C24H20N4O3S/c1-29-17-13-11-16(12-14-17)28-20-9-5-4-8-19(20)25-22(28)15-32-24-27-26-23(31-24)18-7-3-6-10-21(18)30-2/h3-14H,15H2,1-2H3. The molecule has 160 valence electrons. The molecule has 0 aliphatic rings. The van der Waals surface area contributed by atoms with Crippen molar-refractivity contribution in [3.05, 3.63) is 78.6 Å². The number of para-hydroxylation sites is 3. The van der Waals surface area contributed by atoms with E-state index in [1.165, 1.54) is 11.8 Å². The Kier molecular flexibility index (Phi) is 5.51. The number of hydrogen-bond acceptors (Lipinski definition) is 7. The zero-order chi connectivity index (χ0) is 21.9. The topological polar surface area (TPSA) is 75.2 Å². The van der Waals surface area contributed by atoms with Gasteiger partial charge in [0.05, 0.1) is 36.6 Å².